The van der Waals surface area contributed by atoms with Crippen molar-refractivity contribution >= 4 is 86.6 Å². The highest BCUT2D eigenvalue weighted by Crippen LogP contribution is 2.40. The summed E-state index contributed by atoms with van der Waals surface area (Å²) in [6.45, 7) is 0. The Morgan fingerprint density at radius 1 is 0.218 bits per heavy atom. The summed E-state index contributed by atoms with van der Waals surface area (Å²) in [6.07, 6.45) is 0. The molecule has 12 rings (SSSR count). The zero-order chi connectivity index (χ0) is 36.0. The largest absolute Gasteiger partial charge is 0.456 e. The Hall–Kier alpha value is -7.22. The smallest absolute Gasteiger partial charge is 0.136 e. The van der Waals surface area contributed by atoms with Gasteiger partial charge in [0, 0.05) is 10.8 Å². The van der Waals surface area contributed by atoms with Crippen LogP contribution in [0.5, 0.6) is 0 Å². The van der Waals surface area contributed by atoms with E-state index in [1.54, 1.807) is 0 Å². The summed E-state index contributed by atoms with van der Waals surface area (Å²) in [5.74, 6) is 0. The molecule has 0 N–H and O–H groups in total. The Kier molecular flexibility index (Phi) is 6.40. The van der Waals surface area contributed by atoms with E-state index in [9.17, 15) is 0 Å². The van der Waals surface area contributed by atoms with Crippen LogP contribution in [0.1, 0.15) is 0 Å². The highest BCUT2D eigenvalue weighted by atomic mass is 16.3. The fourth-order valence-corrected chi connectivity index (χ4v) is 9.11. The maximum atomic E-state index is 6.61. The van der Waals surface area contributed by atoms with E-state index in [1.165, 1.54) is 86.9 Å². The maximum absolute atomic E-state index is 6.61. The predicted octanol–water partition coefficient (Wildman–Crippen LogP) is 15.5. The van der Waals surface area contributed by atoms with Crippen molar-refractivity contribution in [2.24, 2.45) is 0 Å². The van der Waals surface area contributed by atoms with E-state index in [1.807, 2.05) is 0 Å². The Balaban J connectivity index is 0.909. The molecule has 0 aliphatic carbocycles. The number of hydrogen-bond acceptors (Lipinski definition) is 1. The van der Waals surface area contributed by atoms with Gasteiger partial charge in [0.25, 0.3) is 0 Å². The van der Waals surface area contributed by atoms with Gasteiger partial charge in [-0.25, -0.2) is 0 Å². The van der Waals surface area contributed by atoms with Crippen LogP contribution in [0.3, 0.4) is 0 Å². The summed E-state index contributed by atoms with van der Waals surface area (Å²) >= 11 is 0. The second-order valence-corrected chi connectivity index (χ2v) is 14.8. The van der Waals surface area contributed by atoms with Crippen molar-refractivity contribution in [1.29, 1.82) is 0 Å². The lowest BCUT2D eigenvalue weighted by Gasteiger charge is -2.12. The number of fused-ring (bicyclic) bond motifs is 13. The molecule has 0 bridgehead atoms. The normalized spacial score (nSPS) is 12.0. The van der Waals surface area contributed by atoms with E-state index in [4.69, 9.17) is 4.42 Å². The molecule has 0 saturated carbocycles. The van der Waals surface area contributed by atoms with E-state index < -0.39 is 0 Å². The minimum atomic E-state index is 0.903. The molecule has 12 aromatic rings. The van der Waals surface area contributed by atoms with Gasteiger partial charge in [0.05, 0.1) is 0 Å². The highest BCUT2D eigenvalue weighted by molar-refractivity contribution is 6.26. The first-order valence-corrected chi connectivity index (χ1v) is 19.0. The van der Waals surface area contributed by atoms with Gasteiger partial charge in [-0.2, -0.15) is 0 Å². The van der Waals surface area contributed by atoms with Crippen molar-refractivity contribution in [3.05, 3.63) is 194 Å². The van der Waals surface area contributed by atoms with Crippen LogP contribution in [0, 0.1) is 0 Å². The second kappa shape index (κ2) is 11.6. The third kappa shape index (κ3) is 4.67. The predicted molar refractivity (Wildman–Crippen MR) is 235 cm³/mol. The molecule has 0 aliphatic heterocycles. The van der Waals surface area contributed by atoms with Crippen LogP contribution in [0.15, 0.2) is 199 Å². The SMILES string of the molecule is c1ccc2c(c1)cc(-c1ccc3c(c1)oc1cc(-c4ccc5cc(-c6ccc7c8ccccc8c8ccccc8c7c6)ccc5c4)ccc13)c1ccccc12. The molecule has 254 valence electrons. The fraction of sp³-hybridized carbons (Fsp3) is 0. The molecular formula is C54H32O. The Morgan fingerprint density at radius 3 is 1.24 bits per heavy atom. The lowest BCUT2D eigenvalue weighted by molar-refractivity contribution is 0.669. The van der Waals surface area contributed by atoms with Crippen LogP contribution in [0.25, 0.3) is 120 Å². The van der Waals surface area contributed by atoms with Gasteiger partial charge in [0.15, 0.2) is 0 Å². The quantitative estimate of drug-likeness (QED) is 0.168. The average molecular weight is 697 g/mol. The van der Waals surface area contributed by atoms with E-state index in [0.717, 1.165) is 33.1 Å². The average Bonchev–Trinajstić information content (AvgIpc) is 3.63. The van der Waals surface area contributed by atoms with E-state index >= 15 is 0 Å². The van der Waals surface area contributed by atoms with Crippen LogP contribution in [-0.2, 0) is 0 Å². The molecule has 0 amide bonds. The minimum absolute atomic E-state index is 0.903. The van der Waals surface area contributed by atoms with Gasteiger partial charge in [-0.15, -0.1) is 0 Å². The Labute approximate surface area is 317 Å². The molecule has 0 unspecified atom stereocenters. The zero-order valence-corrected chi connectivity index (χ0v) is 29.9. The molecule has 1 nitrogen and oxygen atoms in total. The molecule has 11 aromatic carbocycles. The van der Waals surface area contributed by atoms with Gasteiger partial charge in [0.1, 0.15) is 11.2 Å². The van der Waals surface area contributed by atoms with Crippen LogP contribution >= 0.6 is 0 Å². The third-order valence-corrected chi connectivity index (χ3v) is 11.8. The van der Waals surface area contributed by atoms with Crippen molar-refractivity contribution in [1.82, 2.24) is 0 Å². The van der Waals surface area contributed by atoms with Crippen molar-refractivity contribution in [3.8, 4) is 33.4 Å². The van der Waals surface area contributed by atoms with Crippen molar-refractivity contribution in [2.75, 3.05) is 0 Å². The van der Waals surface area contributed by atoms with Gasteiger partial charge < -0.3 is 4.42 Å². The Bertz CT molecular complexity index is 3510. The molecule has 0 saturated heterocycles. The molecule has 1 aromatic heterocycles. The first kappa shape index (κ1) is 30.3. The molecule has 0 radical (unpaired) electrons. The van der Waals surface area contributed by atoms with Crippen LogP contribution in [0.4, 0.5) is 0 Å². The van der Waals surface area contributed by atoms with Crippen molar-refractivity contribution in [3.63, 3.8) is 0 Å². The lowest BCUT2D eigenvalue weighted by atomic mass is 9.91. The summed E-state index contributed by atoms with van der Waals surface area (Å²) in [7, 11) is 0. The number of rotatable bonds is 3. The first-order chi connectivity index (χ1) is 27.2. The summed E-state index contributed by atoms with van der Waals surface area (Å²) in [6, 6.07) is 71.0. The van der Waals surface area contributed by atoms with Crippen molar-refractivity contribution < 1.29 is 4.42 Å². The monoisotopic (exact) mass is 696 g/mol. The Morgan fingerprint density at radius 2 is 0.618 bits per heavy atom. The summed E-state index contributed by atoms with van der Waals surface area (Å²) in [5, 5.41) is 17.5. The standard InChI is InChI=1S/C54H32O/c1-2-10-41-39(9-1)30-51(46-15-7-3-11-42(41)46)40-23-26-50-49-25-22-38(31-53(49)55-54(50)32-40)36-20-18-33-27-35(19-17-34(33)28-36)37-21-24-48-45-14-5-4-12-43(45)44-13-6-8-16-47(44)52(48)29-37/h1-32H. The molecule has 1 heteroatoms. The minimum Gasteiger partial charge on any atom is -0.456 e. The number of furan rings is 1. The van der Waals surface area contributed by atoms with Gasteiger partial charge in [-0.05, 0) is 147 Å². The zero-order valence-electron chi connectivity index (χ0n) is 29.9. The third-order valence-electron chi connectivity index (χ3n) is 11.8. The highest BCUT2D eigenvalue weighted by Gasteiger charge is 2.14. The molecule has 1 heterocycles. The molecule has 0 spiro atoms. The topological polar surface area (TPSA) is 13.1 Å². The molecule has 0 atom stereocenters. The van der Waals surface area contributed by atoms with E-state index in [2.05, 4.69) is 194 Å². The lowest BCUT2D eigenvalue weighted by Crippen LogP contribution is -1.85. The summed E-state index contributed by atoms with van der Waals surface area (Å²) in [5.41, 5.74) is 8.96. The fourth-order valence-electron chi connectivity index (χ4n) is 9.11. The van der Waals surface area contributed by atoms with E-state index in [0.29, 0.717) is 0 Å². The van der Waals surface area contributed by atoms with Crippen LogP contribution < -0.4 is 0 Å². The first-order valence-electron chi connectivity index (χ1n) is 19.0. The van der Waals surface area contributed by atoms with Crippen LogP contribution in [-0.4, -0.2) is 0 Å². The maximum Gasteiger partial charge on any atom is 0.136 e. The molecular weight excluding hydrogens is 665 g/mol. The van der Waals surface area contributed by atoms with E-state index in [-0.39, 0.29) is 0 Å². The number of benzene rings is 11. The molecule has 0 aliphatic rings. The summed E-state index contributed by atoms with van der Waals surface area (Å²) < 4.78 is 6.61. The number of hydrogen-bond donors (Lipinski definition) is 0. The van der Waals surface area contributed by atoms with Crippen LogP contribution in [0.2, 0.25) is 0 Å². The van der Waals surface area contributed by atoms with Gasteiger partial charge in [-0.1, -0.05) is 146 Å². The van der Waals surface area contributed by atoms with Gasteiger partial charge in [-0.3, -0.25) is 0 Å². The van der Waals surface area contributed by atoms with Gasteiger partial charge >= 0.3 is 0 Å². The van der Waals surface area contributed by atoms with Crippen molar-refractivity contribution in [2.45, 2.75) is 0 Å². The molecule has 55 heavy (non-hydrogen) atoms. The summed E-state index contributed by atoms with van der Waals surface area (Å²) in [4.78, 5) is 0. The van der Waals surface area contributed by atoms with Gasteiger partial charge in [0.2, 0.25) is 0 Å². The molecule has 0 fully saturated rings. The second-order valence-electron chi connectivity index (χ2n) is 14.8.